The fourth-order valence-corrected chi connectivity index (χ4v) is 12.0. The Labute approximate surface area is 613 Å². The van der Waals surface area contributed by atoms with Gasteiger partial charge in [-0.3, -0.25) is 62.3 Å². The Morgan fingerprint density at radius 2 is 1.14 bits per heavy atom. The number of nitrogens with zero attached hydrogens (tertiary/aromatic N) is 1. The number of aliphatic hydroxyl groups is 1. The van der Waals surface area contributed by atoms with E-state index in [0.29, 0.717) is 30.7 Å². The van der Waals surface area contributed by atoms with Gasteiger partial charge in [0.1, 0.15) is 78.6 Å². The topological polar surface area (TPSA) is 442 Å². The number of likely N-dealkylation sites (tertiary alicyclic amines) is 1. The van der Waals surface area contributed by atoms with Gasteiger partial charge >= 0.3 is 5.97 Å². The van der Waals surface area contributed by atoms with Gasteiger partial charge < -0.3 is 84.3 Å². The SMILES string of the molecule is C=C1NC(=O)[C@H](Cc2ccccc2)NC(=O)[C@@H](C(C)C)NC(=O)[C@@H]([C@@H](C)CC)NC(=O)[C@H](NC(=O)[C@H](NC(=O)[C@H](CCCN)NC(=O)[C@H]2CCCN2C(=O)[C@H](NC(=O)[C@@H](NC(=O)[C@@H](NC(=O)[C@H](NC(=O)CCCC(C)C)C(C)C)[C@@H](C)O)C(C)C)C(C)C)[C@@H](C)CC)[C@@H](C)OC(=O)[C@H](C(C)C)NC1=O. The van der Waals surface area contributed by atoms with E-state index in [1.807, 2.05) is 13.8 Å². The highest BCUT2D eigenvalue weighted by Gasteiger charge is 2.44. The molecule has 16 atom stereocenters. The summed E-state index contributed by atoms with van der Waals surface area (Å²) in [4.78, 5) is 201. The molecule has 0 unspecified atom stereocenters. The third kappa shape index (κ3) is 27.2. The van der Waals surface area contributed by atoms with Crippen LogP contribution in [0.5, 0.6) is 0 Å². The lowest BCUT2D eigenvalue weighted by Crippen LogP contribution is -2.64. The number of carbonyl (C=O) groups is 14. The van der Waals surface area contributed by atoms with E-state index in [1.165, 1.54) is 18.7 Å². The smallest absolute Gasteiger partial charge is 0.329 e. The molecule has 584 valence electrons. The first-order valence-electron chi connectivity index (χ1n) is 37.0. The summed E-state index contributed by atoms with van der Waals surface area (Å²) in [6, 6.07) is -7.80. The number of amides is 13. The summed E-state index contributed by atoms with van der Waals surface area (Å²) in [5, 5.41) is 42.8. The van der Waals surface area contributed by atoms with E-state index in [2.05, 4.69) is 70.4 Å². The maximum atomic E-state index is 15.0. The molecule has 2 aliphatic heterocycles. The maximum Gasteiger partial charge on any atom is 0.329 e. The van der Waals surface area contributed by atoms with Crippen molar-refractivity contribution in [2.45, 2.75) is 274 Å². The van der Waals surface area contributed by atoms with E-state index in [9.17, 15) is 62.6 Å². The first-order chi connectivity index (χ1) is 48.7. The number of nitrogens with two attached hydrogens (primary N) is 1. The van der Waals surface area contributed by atoms with Crippen molar-refractivity contribution >= 4 is 82.8 Å². The standard InChI is InChI=1S/C74H122N14O16/c1-20-43(15)58(70(99)87-61-47(19)104-74(103)57(42(13)14)83-62(91)45(17)76-64(93)50(36-48-29-23-22-24-30-48)78-66(95)54(39(7)8)80-69(98)59(44(16)21-2)85-72(61)101)84-63(92)49(31-26-34-75)77-65(94)51-32-27-35-88(51)73(102)56(41(11)12)82-68(97)55(40(9)10)81-71(100)60(46(18)89)86-67(96)53(38(5)6)79-52(90)33-25-28-37(3)4/h22-24,29-30,37-44,46-47,49-51,53-61,89H,17,20-21,25-28,31-36,75H2,1-16,18-19H3,(H,76,93)(H,77,94)(H,78,95)(H,79,90)(H,80,98)(H,81,100)(H,82,97)(H,83,91)(H,84,92)(H,85,101)(H,86,96)(H,87,99)/t43-,44-,46+,47+,49-,50-,51+,53+,54+,55-,56+,57-,58+,59+,60-,61+/m0/s1. The van der Waals surface area contributed by atoms with E-state index >= 15 is 9.59 Å². The Morgan fingerprint density at radius 3 is 1.68 bits per heavy atom. The number of benzene rings is 1. The monoisotopic (exact) mass is 1460 g/mol. The van der Waals surface area contributed by atoms with Gasteiger partial charge in [0.15, 0.2) is 0 Å². The van der Waals surface area contributed by atoms with Gasteiger partial charge in [-0.2, -0.15) is 0 Å². The second-order valence-electron chi connectivity index (χ2n) is 30.0. The molecule has 2 fully saturated rings. The van der Waals surface area contributed by atoms with Gasteiger partial charge in [0, 0.05) is 19.4 Å². The van der Waals surface area contributed by atoms with Crippen LogP contribution in [-0.2, 0) is 78.3 Å². The minimum atomic E-state index is -1.83. The van der Waals surface area contributed by atoms with Crippen molar-refractivity contribution in [3.8, 4) is 0 Å². The number of cyclic esters (lactones) is 1. The van der Waals surface area contributed by atoms with Crippen LogP contribution in [0.15, 0.2) is 42.6 Å². The largest absolute Gasteiger partial charge is 0.458 e. The summed E-state index contributed by atoms with van der Waals surface area (Å²) in [7, 11) is 0. The van der Waals surface area contributed by atoms with Crippen molar-refractivity contribution in [2.75, 3.05) is 13.1 Å². The molecule has 1 aromatic rings. The molecule has 0 radical (unpaired) electrons. The summed E-state index contributed by atoms with van der Waals surface area (Å²) in [5.41, 5.74) is 6.10. The molecular formula is C74H122N14O16. The number of hydrogen-bond acceptors (Lipinski definition) is 17. The van der Waals surface area contributed by atoms with Crippen LogP contribution < -0.4 is 69.5 Å². The Kier molecular flexibility index (Phi) is 37.1. The lowest BCUT2D eigenvalue weighted by molar-refractivity contribution is -0.157. The molecule has 30 heteroatoms. The lowest BCUT2D eigenvalue weighted by Gasteiger charge is -2.33. The van der Waals surface area contributed by atoms with Crippen molar-refractivity contribution in [1.29, 1.82) is 0 Å². The van der Waals surface area contributed by atoms with Gasteiger partial charge in [-0.15, -0.1) is 0 Å². The summed E-state index contributed by atoms with van der Waals surface area (Å²) in [5.74, 6) is -15.3. The van der Waals surface area contributed by atoms with Crippen LogP contribution in [0.25, 0.3) is 0 Å². The third-order valence-electron chi connectivity index (χ3n) is 19.0. The third-order valence-corrected chi connectivity index (χ3v) is 19.0. The number of nitrogens with one attached hydrogen (secondary N) is 12. The molecule has 0 aromatic heterocycles. The molecule has 15 N–H and O–H groups in total. The summed E-state index contributed by atoms with van der Waals surface area (Å²) < 4.78 is 5.92. The zero-order valence-electron chi connectivity index (χ0n) is 64.4. The molecule has 0 bridgehead atoms. The van der Waals surface area contributed by atoms with Gasteiger partial charge in [-0.25, -0.2) is 4.79 Å². The summed E-state index contributed by atoms with van der Waals surface area (Å²) in [6.45, 7) is 33.9. The second kappa shape index (κ2) is 43.0. The zero-order valence-corrected chi connectivity index (χ0v) is 64.4. The van der Waals surface area contributed by atoms with Crippen LogP contribution in [0.4, 0.5) is 0 Å². The molecule has 13 amide bonds. The lowest BCUT2D eigenvalue weighted by atomic mass is 9.95. The minimum Gasteiger partial charge on any atom is -0.458 e. The van der Waals surface area contributed by atoms with Crippen molar-refractivity contribution in [3.05, 3.63) is 48.2 Å². The molecule has 0 aliphatic carbocycles. The molecule has 0 spiro atoms. The second-order valence-corrected chi connectivity index (χ2v) is 30.0. The normalized spacial score (nSPS) is 22.3. The van der Waals surface area contributed by atoms with Crippen LogP contribution in [0.2, 0.25) is 0 Å². The molecule has 2 aliphatic rings. The Morgan fingerprint density at radius 1 is 0.606 bits per heavy atom. The van der Waals surface area contributed by atoms with Crippen molar-refractivity contribution in [3.63, 3.8) is 0 Å². The number of rotatable bonds is 33. The molecule has 0 saturated carbocycles. The van der Waals surface area contributed by atoms with Crippen molar-refractivity contribution in [2.24, 2.45) is 53.1 Å². The summed E-state index contributed by atoms with van der Waals surface area (Å²) >= 11 is 0. The van der Waals surface area contributed by atoms with Crippen LogP contribution >= 0.6 is 0 Å². The predicted octanol–water partition coefficient (Wildman–Crippen LogP) is 1.45. The van der Waals surface area contributed by atoms with Crippen LogP contribution in [0, 0.1) is 47.3 Å². The highest BCUT2D eigenvalue weighted by atomic mass is 16.5. The van der Waals surface area contributed by atoms with E-state index in [4.69, 9.17) is 10.5 Å². The van der Waals surface area contributed by atoms with Gasteiger partial charge in [0.05, 0.1) is 11.8 Å². The molecule has 104 heavy (non-hydrogen) atoms. The van der Waals surface area contributed by atoms with Crippen molar-refractivity contribution in [1.82, 2.24) is 68.7 Å². The van der Waals surface area contributed by atoms with Gasteiger partial charge in [0.25, 0.3) is 5.91 Å². The number of aliphatic hydroxyl groups excluding tert-OH is 1. The van der Waals surface area contributed by atoms with Gasteiger partial charge in [0.2, 0.25) is 70.9 Å². The number of hydrogen-bond donors (Lipinski definition) is 14. The molecule has 2 saturated heterocycles. The van der Waals surface area contributed by atoms with E-state index in [1.54, 1.807) is 127 Å². The quantitative estimate of drug-likeness (QED) is 0.0350. The van der Waals surface area contributed by atoms with Crippen molar-refractivity contribution < 1.29 is 77.0 Å². The maximum absolute atomic E-state index is 15.0. The van der Waals surface area contributed by atoms with Gasteiger partial charge in [-0.1, -0.05) is 167 Å². The molecule has 3 rings (SSSR count). The van der Waals surface area contributed by atoms with Crippen LogP contribution in [0.1, 0.15) is 188 Å². The Balaban J connectivity index is 1.98. The highest BCUT2D eigenvalue weighted by Crippen LogP contribution is 2.23. The average Bonchev–Trinajstić information content (AvgIpc) is 1.43. The zero-order chi connectivity index (χ0) is 78.7. The molecule has 30 nitrogen and oxygen atoms in total. The number of ether oxygens (including phenoxy) is 1. The van der Waals surface area contributed by atoms with Crippen LogP contribution in [0.3, 0.4) is 0 Å². The predicted molar refractivity (Wildman–Crippen MR) is 391 cm³/mol. The first kappa shape index (κ1) is 89.7. The van der Waals surface area contributed by atoms with Crippen LogP contribution in [-0.4, -0.2) is 191 Å². The van der Waals surface area contributed by atoms with E-state index < -0.39 is 209 Å². The minimum absolute atomic E-state index is 0.0530. The first-order valence-corrected chi connectivity index (χ1v) is 37.0. The number of carbonyl (C=O) groups excluding carboxylic acids is 14. The fraction of sp³-hybridized carbons (Fsp3) is 0.703. The number of esters is 1. The van der Waals surface area contributed by atoms with E-state index in [0.717, 1.165) is 6.42 Å². The van der Waals surface area contributed by atoms with E-state index in [-0.39, 0.29) is 57.5 Å². The van der Waals surface area contributed by atoms with Gasteiger partial charge in [-0.05, 0) is 105 Å². The Bertz CT molecular complexity index is 3130. The average molecular weight is 1460 g/mol. The molecular weight excluding hydrogens is 1340 g/mol. The fourth-order valence-electron chi connectivity index (χ4n) is 12.0. The Hall–Kier alpha value is -8.54. The highest BCUT2D eigenvalue weighted by molar-refractivity contribution is 6.02. The molecule has 1 aromatic carbocycles. The summed E-state index contributed by atoms with van der Waals surface area (Å²) in [6.07, 6.45) is -0.320. The molecule has 2 heterocycles.